The van der Waals surface area contributed by atoms with Crippen molar-refractivity contribution in [3.05, 3.63) is 81.8 Å². The summed E-state index contributed by atoms with van der Waals surface area (Å²) in [4.78, 5) is 52.2. The van der Waals surface area contributed by atoms with E-state index in [2.05, 4.69) is 27.0 Å². The molecule has 1 aliphatic rings. The van der Waals surface area contributed by atoms with Crippen LogP contribution < -0.4 is 15.8 Å². The molecule has 4 heterocycles. The quantitative estimate of drug-likeness (QED) is 0.259. The van der Waals surface area contributed by atoms with E-state index in [1.165, 1.54) is 40.8 Å². The molecule has 16 heteroatoms. The number of hydrogen-bond acceptors (Lipinski definition) is 9. The number of pyridine rings is 1. The summed E-state index contributed by atoms with van der Waals surface area (Å²) in [5.74, 6) is -1.04. The number of amides is 2. The molecule has 0 saturated carbocycles. The molecule has 0 radical (unpaired) electrons. The molecule has 13 nitrogen and oxygen atoms in total. The van der Waals surface area contributed by atoms with E-state index >= 15 is 0 Å². The zero-order valence-electron chi connectivity index (χ0n) is 26.0. The number of hydrogen-bond donors (Lipinski definition) is 2. The van der Waals surface area contributed by atoms with Crippen molar-refractivity contribution in [2.75, 3.05) is 43.0 Å². The van der Waals surface area contributed by atoms with Gasteiger partial charge in [0.15, 0.2) is 11.5 Å². The van der Waals surface area contributed by atoms with Crippen molar-refractivity contribution >= 4 is 34.7 Å². The standard InChI is InChI=1S/C31H33F3N8O5/c1-5-22-26(39-12-14-40(15-13-39)28(45)25-23(43)8-7-11-35-25)29(46)42-30(37-27(38-42)19(4)47-6-2)41(22)17-24(44)36-21-10-9-20(16-18(21)3)31(32,33)34/h7-11,16,43H,4-6,12-15,17H2,1-3H3,(H,36,44). The maximum absolute atomic E-state index is 14.0. The summed E-state index contributed by atoms with van der Waals surface area (Å²) < 4.78 is 47.6. The lowest BCUT2D eigenvalue weighted by molar-refractivity contribution is -0.137. The Balaban J connectivity index is 1.50. The van der Waals surface area contributed by atoms with Crippen molar-refractivity contribution in [3.8, 4) is 5.75 Å². The number of fused-ring (bicyclic) bond motifs is 1. The first kappa shape index (κ1) is 33.0. The van der Waals surface area contributed by atoms with Crippen LogP contribution >= 0.6 is 0 Å². The van der Waals surface area contributed by atoms with Gasteiger partial charge in [0.2, 0.25) is 17.5 Å². The summed E-state index contributed by atoms with van der Waals surface area (Å²) in [5.41, 5.74) is -0.272. The molecule has 1 fully saturated rings. The van der Waals surface area contributed by atoms with Gasteiger partial charge in [0.25, 0.3) is 11.5 Å². The normalized spacial score (nSPS) is 13.6. The van der Waals surface area contributed by atoms with Crippen LogP contribution in [0.25, 0.3) is 11.5 Å². The highest BCUT2D eigenvalue weighted by atomic mass is 19.4. The second-order valence-electron chi connectivity index (χ2n) is 10.8. The van der Waals surface area contributed by atoms with Gasteiger partial charge in [0, 0.05) is 38.1 Å². The number of piperazine rings is 1. The van der Waals surface area contributed by atoms with E-state index in [4.69, 9.17) is 4.74 Å². The van der Waals surface area contributed by atoms with Crippen molar-refractivity contribution in [1.82, 2.24) is 29.0 Å². The van der Waals surface area contributed by atoms with Crippen LogP contribution in [0.15, 0.2) is 47.9 Å². The summed E-state index contributed by atoms with van der Waals surface area (Å²) in [6, 6.07) is 5.92. The van der Waals surface area contributed by atoms with Gasteiger partial charge < -0.3 is 29.5 Å². The van der Waals surface area contributed by atoms with Crippen LogP contribution in [-0.4, -0.2) is 78.8 Å². The summed E-state index contributed by atoms with van der Waals surface area (Å²) in [6.07, 6.45) is -2.82. The molecule has 1 aromatic carbocycles. The number of nitrogens with one attached hydrogen (secondary N) is 1. The number of nitrogens with zero attached hydrogens (tertiary/aromatic N) is 7. The molecule has 0 aliphatic carbocycles. The van der Waals surface area contributed by atoms with Gasteiger partial charge in [0.05, 0.1) is 17.9 Å². The lowest BCUT2D eigenvalue weighted by atomic mass is 10.1. The zero-order valence-corrected chi connectivity index (χ0v) is 26.0. The van der Waals surface area contributed by atoms with Crippen molar-refractivity contribution in [3.63, 3.8) is 0 Å². The van der Waals surface area contributed by atoms with Gasteiger partial charge in [-0.2, -0.15) is 22.7 Å². The fourth-order valence-corrected chi connectivity index (χ4v) is 5.44. The van der Waals surface area contributed by atoms with E-state index in [-0.39, 0.29) is 85.1 Å². The Kier molecular flexibility index (Phi) is 9.21. The highest BCUT2D eigenvalue weighted by Gasteiger charge is 2.32. The van der Waals surface area contributed by atoms with Crippen LogP contribution in [0.4, 0.5) is 24.5 Å². The van der Waals surface area contributed by atoms with Gasteiger partial charge >= 0.3 is 6.18 Å². The molecule has 0 atom stereocenters. The molecule has 4 aromatic rings. The monoisotopic (exact) mass is 654 g/mol. The Labute approximate surface area is 266 Å². The number of carbonyl (C=O) groups excluding carboxylic acids is 2. The SMILES string of the molecule is C=C(OCC)c1nc2n(CC(=O)Nc3ccc(C(F)(F)F)cc3C)c(CC)c(N3CCN(C(=O)c4ncccc4O)CC3)c(=O)n2n1. The summed E-state index contributed by atoms with van der Waals surface area (Å²) in [5, 5.41) is 17.1. The minimum absolute atomic E-state index is 0.0430. The largest absolute Gasteiger partial charge is 0.505 e. The fraction of sp³-hybridized carbons (Fsp3) is 0.355. The highest BCUT2D eigenvalue weighted by Crippen LogP contribution is 2.32. The molecule has 0 spiro atoms. The maximum atomic E-state index is 14.0. The van der Waals surface area contributed by atoms with Crippen molar-refractivity contribution in [2.24, 2.45) is 0 Å². The molecule has 0 unspecified atom stereocenters. The topological polar surface area (TPSA) is 147 Å². The van der Waals surface area contributed by atoms with Crippen LogP contribution in [0.3, 0.4) is 0 Å². The molecule has 248 valence electrons. The average molecular weight is 655 g/mol. The molecule has 47 heavy (non-hydrogen) atoms. The first-order chi connectivity index (χ1) is 22.3. The van der Waals surface area contributed by atoms with Crippen molar-refractivity contribution in [2.45, 2.75) is 39.9 Å². The molecular formula is C31H33F3N8O5. The number of aryl methyl sites for hydroxylation is 1. The molecule has 1 saturated heterocycles. The van der Waals surface area contributed by atoms with Gasteiger partial charge in [-0.15, -0.1) is 5.10 Å². The molecule has 5 rings (SSSR count). The van der Waals surface area contributed by atoms with Crippen molar-refractivity contribution in [1.29, 1.82) is 0 Å². The second-order valence-corrected chi connectivity index (χ2v) is 10.8. The smallest absolute Gasteiger partial charge is 0.416 e. The van der Waals surface area contributed by atoms with E-state index in [1.807, 2.05) is 6.92 Å². The zero-order chi connectivity index (χ0) is 34.0. The molecule has 2 amide bonds. The van der Waals surface area contributed by atoms with Crippen LogP contribution in [0.2, 0.25) is 0 Å². The third-order valence-electron chi connectivity index (χ3n) is 7.73. The van der Waals surface area contributed by atoms with E-state index in [1.54, 1.807) is 11.8 Å². The predicted molar refractivity (Wildman–Crippen MR) is 166 cm³/mol. The van der Waals surface area contributed by atoms with Gasteiger partial charge in [-0.05, 0) is 56.2 Å². The summed E-state index contributed by atoms with van der Waals surface area (Å²) in [7, 11) is 0. The minimum atomic E-state index is -4.53. The third kappa shape index (κ3) is 6.62. The minimum Gasteiger partial charge on any atom is -0.505 e. The number of anilines is 2. The Hall–Kier alpha value is -5.41. The Morgan fingerprint density at radius 1 is 1.13 bits per heavy atom. The van der Waals surface area contributed by atoms with Gasteiger partial charge in [0.1, 0.15) is 18.0 Å². The number of aromatic nitrogens is 5. The van der Waals surface area contributed by atoms with Crippen LogP contribution in [0.1, 0.15) is 47.0 Å². The van der Waals surface area contributed by atoms with Crippen LogP contribution in [-0.2, 0) is 28.7 Å². The molecule has 0 bridgehead atoms. The van der Waals surface area contributed by atoms with E-state index < -0.39 is 29.1 Å². The molecule has 3 aromatic heterocycles. The number of carbonyl (C=O) groups is 2. The number of alkyl halides is 3. The van der Waals surface area contributed by atoms with Gasteiger partial charge in [-0.25, -0.2) is 4.98 Å². The Morgan fingerprint density at radius 3 is 2.47 bits per heavy atom. The van der Waals surface area contributed by atoms with Gasteiger partial charge in [-0.3, -0.25) is 14.4 Å². The lowest BCUT2D eigenvalue weighted by Crippen LogP contribution is -2.51. The summed E-state index contributed by atoms with van der Waals surface area (Å²) >= 11 is 0. The first-order valence-corrected chi connectivity index (χ1v) is 14.8. The predicted octanol–water partition coefficient (Wildman–Crippen LogP) is 3.49. The third-order valence-corrected chi connectivity index (χ3v) is 7.73. The van der Waals surface area contributed by atoms with Gasteiger partial charge in [-0.1, -0.05) is 13.5 Å². The van der Waals surface area contributed by atoms with Crippen LogP contribution in [0.5, 0.6) is 5.75 Å². The first-order valence-electron chi connectivity index (χ1n) is 14.8. The maximum Gasteiger partial charge on any atom is 0.416 e. The number of ether oxygens (including phenoxy) is 1. The number of aromatic hydroxyl groups is 1. The van der Waals surface area contributed by atoms with E-state index in [0.29, 0.717) is 12.1 Å². The number of halogens is 3. The summed E-state index contributed by atoms with van der Waals surface area (Å²) in [6.45, 7) is 9.70. The molecular weight excluding hydrogens is 621 g/mol. The lowest BCUT2D eigenvalue weighted by Gasteiger charge is -2.36. The number of rotatable bonds is 9. The van der Waals surface area contributed by atoms with Crippen molar-refractivity contribution < 1.29 is 32.6 Å². The van der Waals surface area contributed by atoms with E-state index in [9.17, 15) is 32.7 Å². The second kappa shape index (κ2) is 13.1. The fourth-order valence-electron chi connectivity index (χ4n) is 5.44. The van der Waals surface area contributed by atoms with Crippen LogP contribution in [0, 0.1) is 6.92 Å². The average Bonchev–Trinajstić information content (AvgIpc) is 3.49. The van der Waals surface area contributed by atoms with E-state index in [0.717, 1.165) is 16.6 Å². The highest BCUT2D eigenvalue weighted by molar-refractivity contribution is 5.95. The Morgan fingerprint density at radius 2 is 1.85 bits per heavy atom. The Bertz CT molecular complexity index is 1910. The molecule has 2 N–H and O–H groups in total. The number of benzene rings is 1. The molecule has 1 aliphatic heterocycles.